The maximum atomic E-state index is 14.0. The van der Waals surface area contributed by atoms with Crippen molar-refractivity contribution in [3.05, 3.63) is 77.3 Å². The zero-order valence-electron chi connectivity index (χ0n) is 23.8. The first-order valence-corrected chi connectivity index (χ1v) is 16.0. The van der Waals surface area contributed by atoms with E-state index in [1.54, 1.807) is 40.1 Å². The first kappa shape index (κ1) is 29.1. The second kappa shape index (κ2) is 10.9. The van der Waals surface area contributed by atoms with E-state index in [1.807, 2.05) is 18.2 Å². The molecule has 3 aliphatic heterocycles. The van der Waals surface area contributed by atoms with Gasteiger partial charge in [-0.3, -0.25) is 14.5 Å². The predicted molar refractivity (Wildman–Crippen MR) is 160 cm³/mol. The van der Waals surface area contributed by atoms with Crippen molar-refractivity contribution in [3.63, 3.8) is 0 Å². The fraction of sp³-hybridized carbons (Fsp3) is 0.419. The summed E-state index contributed by atoms with van der Waals surface area (Å²) in [5.41, 5.74) is -0.617. The van der Waals surface area contributed by atoms with Crippen molar-refractivity contribution in [3.8, 4) is 0 Å². The van der Waals surface area contributed by atoms with E-state index in [4.69, 9.17) is 16.3 Å². The van der Waals surface area contributed by atoms with Gasteiger partial charge in [0.25, 0.3) is 0 Å². The van der Waals surface area contributed by atoms with Gasteiger partial charge in [-0.25, -0.2) is 8.42 Å². The molecule has 3 aromatic rings. The Bertz CT molecular complexity index is 1630. The van der Waals surface area contributed by atoms with Crippen molar-refractivity contribution in [2.24, 2.45) is 0 Å². The average molecular weight is 611 g/mol. The quantitative estimate of drug-likeness (QED) is 0.424. The number of fused-ring (bicyclic) bond motifs is 2. The number of methoxy groups -OCH3 is 1. The number of likely N-dealkylation sites (tertiary alicyclic amines) is 1. The van der Waals surface area contributed by atoms with Gasteiger partial charge in [-0.1, -0.05) is 54.1 Å². The molecule has 9 nitrogen and oxygen atoms in total. The summed E-state index contributed by atoms with van der Waals surface area (Å²) in [5.74, 6) is -0.523. The molecular weight excluding hydrogens is 576 g/mol. The van der Waals surface area contributed by atoms with Crippen molar-refractivity contribution >= 4 is 44.2 Å². The van der Waals surface area contributed by atoms with Crippen LogP contribution in [-0.4, -0.2) is 96.9 Å². The van der Waals surface area contributed by atoms with Crippen molar-refractivity contribution in [2.45, 2.75) is 42.4 Å². The van der Waals surface area contributed by atoms with Gasteiger partial charge in [0.2, 0.25) is 21.8 Å². The number of piperazine rings is 1. The Hall–Kier alpha value is -3.02. The number of sulfonamides is 1. The molecule has 11 heteroatoms. The minimum atomic E-state index is -4.08. The average Bonchev–Trinajstić information content (AvgIpc) is 3.25. The summed E-state index contributed by atoms with van der Waals surface area (Å²) in [6.07, 6.45) is 1.35. The van der Waals surface area contributed by atoms with E-state index in [0.717, 1.165) is 30.4 Å². The lowest BCUT2D eigenvalue weighted by atomic mass is 9.85. The third-order valence-corrected chi connectivity index (χ3v) is 11.0. The van der Waals surface area contributed by atoms with Gasteiger partial charge in [-0.15, -0.1) is 0 Å². The summed E-state index contributed by atoms with van der Waals surface area (Å²) >= 11 is 6.11. The van der Waals surface area contributed by atoms with Crippen LogP contribution in [0, 0.1) is 0 Å². The number of rotatable bonds is 6. The molecule has 0 aliphatic carbocycles. The lowest BCUT2D eigenvalue weighted by Gasteiger charge is -2.52. The zero-order valence-corrected chi connectivity index (χ0v) is 25.4. The summed E-state index contributed by atoms with van der Waals surface area (Å²) in [7, 11) is -2.56. The standard InChI is InChI=1S/C31H35ClN4O5S/c1-23(37)36-30(12-14-33(15-13-30)18-24-6-4-3-5-7-24)20-35-29(38)19-34(21-31(35,36)22-41-2)42(39,40)28-11-9-25-16-27(32)10-8-26(25)17-28/h3-11,16-17H,12-15,18-22H2,1-2H3. The number of carbonyl (C=O) groups is 2. The molecule has 1 spiro atoms. The molecule has 3 fully saturated rings. The number of hydrogen-bond donors (Lipinski definition) is 0. The molecular formula is C31H35ClN4O5S. The summed E-state index contributed by atoms with van der Waals surface area (Å²) in [6.45, 7) is 3.84. The Morgan fingerprint density at radius 3 is 2.36 bits per heavy atom. The first-order valence-electron chi connectivity index (χ1n) is 14.1. The molecule has 3 heterocycles. The second-order valence-corrected chi connectivity index (χ2v) is 14.0. The number of benzene rings is 3. The van der Waals surface area contributed by atoms with E-state index in [-0.39, 0.29) is 36.4 Å². The van der Waals surface area contributed by atoms with Gasteiger partial charge >= 0.3 is 0 Å². The minimum absolute atomic E-state index is 0.00996. The summed E-state index contributed by atoms with van der Waals surface area (Å²) in [5, 5.41) is 2.11. The number of amides is 2. The summed E-state index contributed by atoms with van der Waals surface area (Å²) in [4.78, 5) is 33.2. The molecule has 2 amide bonds. The molecule has 0 aromatic heterocycles. The fourth-order valence-electron chi connectivity index (χ4n) is 7.20. The van der Waals surface area contributed by atoms with Crippen molar-refractivity contribution < 1.29 is 22.7 Å². The van der Waals surface area contributed by atoms with Gasteiger partial charge in [0.15, 0.2) is 5.66 Å². The first-order chi connectivity index (χ1) is 20.1. The molecule has 0 saturated carbocycles. The Balaban J connectivity index is 1.31. The van der Waals surface area contributed by atoms with Gasteiger partial charge in [0, 0.05) is 45.2 Å². The van der Waals surface area contributed by atoms with Crippen molar-refractivity contribution in [1.82, 2.24) is 19.0 Å². The monoisotopic (exact) mass is 610 g/mol. The van der Waals surface area contributed by atoms with E-state index in [0.29, 0.717) is 24.4 Å². The number of halogens is 1. The highest BCUT2D eigenvalue weighted by molar-refractivity contribution is 7.89. The molecule has 42 heavy (non-hydrogen) atoms. The zero-order chi connectivity index (χ0) is 29.7. The van der Waals surface area contributed by atoms with Crippen LogP contribution in [0.5, 0.6) is 0 Å². The topological polar surface area (TPSA) is 90.5 Å². The van der Waals surface area contributed by atoms with Crippen LogP contribution in [0.15, 0.2) is 71.6 Å². The van der Waals surface area contributed by atoms with Crippen molar-refractivity contribution in [2.75, 3.05) is 46.4 Å². The van der Waals surface area contributed by atoms with Crippen LogP contribution in [0.2, 0.25) is 5.02 Å². The molecule has 0 N–H and O–H groups in total. The third kappa shape index (κ3) is 4.89. The fourth-order valence-corrected chi connectivity index (χ4v) is 8.85. The highest BCUT2D eigenvalue weighted by Crippen LogP contribution is 2.47. The molecule has 1 atom stereocenters. The lowest BCUT2D eigenvalue weighted by Crippen LogP contribution is -2.71. The minimum Gasteiger partial charge on any atom is -0.380 e. The smallest absolute Gasteiger partial charge is 0.243 e. The highest BCUT2D eigenvalue weighted by Gasteiger charge is 2.65. The predicted octanol–water partition coefficient (Wildman–Crippen LogP) is 3.57. The maximum Gasteiger partial charge on any atom is 0.243 e. The van der Waals surface area contributed by atoms with E-state index >= 15 is 0 Å². The van der Waals surface area contributed by atoms with Gasteiger partial charge in [0.05, 0.1) is 30.1 Å². The Kier molecular flexibility index (Phi) is 7.55. The Morgan fingerprint density at radius 1 is 0.976 bits per heavy atom. The van der Waals surface area contributed by atoms with Gasteiger partial charge in [-0.2, -0.15) is 4.31 Å². The number of hydrogen-bond acceptors (Lipinski definition) is 6. The van der Waals surface area contributed by atoms with E-state index in [1.165, 1.54) is 30.0 Å². The molecule has 3 aromatic carbocycles. The molecule has 3 saturated heterocycles. The number of ether oxygens (including phenoxy) is 1. The van der Waals surface area contributed by atoms with Crippen LogP contribution >= 0.6 is 11.6 Å². The van der Waals surface area contributed by atoms with Crippen LogP contribution in [0.3, 0.4) is 0 Å². The van der Waals surface area contributed by atoms with Gasteiger partial charge in [-0.05, 0) is 53.4 Å². The number of piperidine rings is 1. The molecule has 0 bridgehead atoms. The summed E-state index contributed by atoms with van der Waals surface area (Å²) < 4.78 is 34.9. The highest BCUT2D eigenvalue weighted by atomic mass is 35.5. The largest absolute Gasteiger partial charge is 0.380 e. The van der Waals surface area contributed by atoms with Crippen LogP contribution in [-0.2, 0) is 30.9 Å². The lowest BCUT2D eigenvalue weighted by molar-refractivity contribution is -0.164. The molecule has 222 valence electrons. The van der Waals surface area contributed by atoms with Crippen molar-refractivity contribution in [1.29, 1.82) is 0 Å². The molecule has 3 aliphatic rings. The maximum absolute atomic E-state index is 14.0. The SMILES string of the molecule is COCC12CN(S(=O)(=O)c3ccc4cc(Cl)ccc4c3)CC(=O)N1CC1(CCN(Cc3ccccc3)CC1)N2C(C)=O. The van der Waals surface area contributed by atoms with E-state index in [2.05, 4.69) is 17.0 Å². The Labute approximate surface area is 251 Å². The molecule has 0 radical (unpaired) electrons. The number of carbonyl (C=O) groups excluding carboxylic acids is 2. The molecule has 6 rings (SSSR count). The normalized spacial score (nSPS) is 23.1. The Morgan fingerprint density at radius 2 is 1.67 bits per heavy atom. The third-order valence-electron chi connectivity index (χ3n) is 9.03. The van der Waals surface area contributed by atoms with E-state index in [9.17, 15) is 18.0 Å². The van der Waals surface area contributed by atoms with Gasteiger partial charge in [0.1, 0.15) is 0 Å². The summed E-state index contributed by atoms with van der Waals surface area (Å²) in [6, 6.07) is 20.4. The van der Waals surface area contributed by atoms with Gasteiger partial charge < -0.3 is 14.5 Å². The van der Waals surface area contributed by atoms with Crippen LogP contribution < -0.4 is 0 Å². The second-order valence-electron chi connectivity index (χ2n) is 11.7. The van der Waals surface area contributed by atoms with Crippen LogP contribution in [0.25, 0.3) is 10.8 Å². The van der Waals surface area contributed by atoms with Crippen LogP contribution in [0.1, 0.15) is 25.3 Å². The number of nitrogens with zero attached hydrogens (tertiary/aromatic N) is 4. The van der Waals surface area contributed by atoms with Crippen LogP contribution in [0.4, 0.5) is 0 Å². The van der Waals surface area contributed by atoms with E-state index < -0.39 is 21.2 Å². The molecule has 1 unspecified atom stereocenters.